The van der Waals surface area contributed by atoms with E-state index < -0.39 is 0 Å². The minimum Gasteiger partial charge on any atom is -0.283 e. The lowest BCUT2D eigenvalue weighted by atomic mass is 10.1. The summed E-state index contributed by atoms with van der Waals surface area (Å²) in [6, 6.07) is 11.1. The number of hydrogen-bond acceptors (Lipinski definition) is 2. The molecule has 0 amide bonds. The molecule has 94 valence electrons. The Morgan fingerprint density at radius 3 is 2.50 bits per heavy atom. The second kappa shape index (κ2) is 5.36. The highest BCUT2D eigenvalue weighted by molar-refractivity contribution is 6.28. The van der Waals surface area contributed by atoms with Gasteiger partial charge in [0.2, 0.25) is 5.28 Å². The van der Waals surface area contributed by atoms with Crippen LogP contribution in [0.25, 0.3) is 11.3 Å². The molecule has 0 aliphatic heterocycles. The molecule has 3 nitrogen and oxygen atoms in total. The van der Waals surface area contributed by atoms with Crippen LogP contribution in [-0.2, 0) is 6.54 Å². The highest BCUT2D eigenvalue weighted by Crippen LogP contribution is 2.17. The molecule has 18 heavy (non-hydrogen) atoms. The van der Waals surface area contributed by atoms with Crippen LogP contribution in [0.3, 0.4) is 0 Å². The molecule has 1 aromatic heterocycles. The second-order valence-corrected chi connectivity index (χ2v) is 4.96. The maximum absolute atomic E-state index is 12.0. The van der Waals surface area contributed by atoms with Gasteiger partial charge in [-0.15, -0.1) is 0 Å². The third kappa shape index (κ3) is 2.79. The van der Waals surface area contributed by atoms with Gasteiger partial charge in [-0.3, -0.25) is 9.36 Å². The third-order valence-electron chi connectivity index (χ3n) is 2.58. The monoisotopic (exact) mass is 262 g/mol. The fraction of sp³-hybridized carbons (Fsp3) is 0.286. The first-order valence-electron chi connectivity index (χ1n) is 5.90. The molecule has 0 fully saturated rings. The molecule has 4 heteroatoms. The van der Waals surface area contributed by atoms with Gasteiger partial charge in [-0.2, -0.15) is 0 Å². The van der Waals surface area contributed by atoms with Gasteiger partial charge in [-0.25, -0.2) is 4.98 Å². The number of nitrogens with zero attached hydrogens (tertiary/aromatic N) is 2. The predicted molar refractivity (Wildman–Crippen MR) is 73.8 cm³/mol. The van der Waals surface area contributed by atoms with Crippen LogP contribution in [0.4, 0.5) is 0 Å². The Hall–Kier alpha value is -1.61. The van der Waals surface area contributed by atoms with E-state index in [1.54, 1.807) is 0 Å². The normalized spacial score (nSPS) is 10.9. The first-order chi connectivity index (χ1) is 8.58. The SMILES string of the molecule is CC(C)Cn1c(Cl)nc(-c2ccccc2)cc1=O. The molecule has 0 saturated heterocycles. The van der Waals surface area contributed by atoms with Gasteiger partial charge in [-0.1, -0.05) is 44.2 Å². The molecule has 0 radical (unpaired) electrons. The summed E-state index contributed by atoms with van der Waals surface area (Å²) in [5.74, 6) is 0.351. The van der Waals surface area contributed by atoms with Crippen molar-refractivity contribution in [3.8, 4) is 11.3 Å². The van der Waals surface area contributed by atoms with Crippen molar-refractivity contribution < 1.29 is 0 Å². The lowest BCUT2D eigenvalue weighted by molar-refractivity contribution is 0.506. The molecule has 0 saturated carbocycles. The molecular formula is C14H15ClN2O. The number of aromatic nitrogens is 2. The van der Waals surface area contributed by atoms with Gasteiger partial charge >= 0.3 is 0 Å². The largest absolute Gasteiger partial charge is 0.283 e. The average Bonchev–Trinajstić information content (AvgIpc) is 2.34. The lowest BCUT2D eigenvalue weighted by Gasteiger charge is -2.11. The smallest absolute Gasteiger partial charge is 0.255 e. The highest BCUT2D eigenvalue weighted by atomic mass is 35.5. The first-order valence-corrected chi connectivity index (χ1v) is 6.28. The van der Waals surface area contributed by atoms with Crippen molar-refractivity contribution in [2.45, 2.75) is 20.4 Å². The first kappa shape index (κ1) is 12.8. The zero-order valence-electron chi connectivity index (χ0n) is 10.4. The standard InChI is InChI=1S/C14H15ClN2O/c1-10(2)9-17-13(18)8-12(16-14(17)15)11-6-4-3-5-7-11/h3-8,10H,9H2,1-2H3. The molecule has 0 aliphatic carbocycles. The van der Waals surface area contributed by atoms with Crippen LogP contribution in [-0.4, -0.2) is 9.55 Å². The van der Waals surface area contributed by atoms with E-state index >= 15 is 0 Å². The molecule has 0 spiro atoms. The van der Waals surface area contributed by atoms with Crippen molar-refractivity contribution >= 4 is 11.6 Å². The van der Waals surface area contributed by atoms with Crippen molar-refractivity contribution in [3.05, 3.63) is 52.0 Å². The quantitative estimate of drug-likeness (QED) is 0.796. The van der Waals surface area contributed by atoms with Gasteiger partial charge in [0.15, 0.2) is 0 Å². The van der Waals surface area contributed by atoms with E-state index in [4.69, 9.17) is 11.6 Å². The van der Waals surface area contributed by atoms with E-state index in [0.717, 1.165) is 5.56 Å². The van der Waals surface area contributed by atoms with Crippen LogP contribution in [0.1, 0.15) is 13.8 Å². The summed E-state index contributed by atoms with van der Waals surface area (Å²) < 4.78 is 1.50. The number of hydrogen-bond donors (Lipinski definition) is 0. The van der Waals surface area contributed by atoms with Crippen LogP contribution < -0.4 is 5.56 Å². The highest BCUT2D eigenvalue weighted by Gasteiger charge is 2.09. The minimum absolute atomic E-state index is 0.109. The number of benzene rings is 1. The van der Waals surface area contributed by atoms with Crippen LogP contribution in [0, 0.1) is 5.92 Å². The van der Waals surface area contributed by atoms with E-state index in [0.29, 0.717) is 18.2 Å². The molecule has 0 N–H and O–H groups in total. The Labute approximate surface area is 111 Å². The van der Waals surface area contributed by atoms with Crippen molar-refractivity contribution in [2.24, 2.45) is 5.92 Å². The summed E-state index contributed by atoms with van der Waals surface area (Å²) in [6.45, 7) is 4.65. The topological polar surface area (TPSA) is 34.9 Å². The Kier molecular flexibility index (Phi) is 3.82. The molecular weight excluding hydrogens is 248 g/mol. The summed E-state index contributed by atoms with van der Waals surface area (Å²) >= 11 is 6.08. The molecule has 2 aromatic rings. The second-order valence-electron chi connectivity index (χ2n) is 4.62. The Balaban J connectivity index is 2.46. The zero-order valence-corrected chi connectivity index (χ0v) is 11.2. The Morgan fingerprint density at radius 2 is 1.94 bits per heavy atom. The molecule has 1 heterocycles. The van der Waals surface area contributed by atoms with Crippen molar-refractivity contribution in [3.63, 3.8) is 0 Å². The van der Waals surface area contributed by atoms with Crippen LogP contribution in [0.2, 0.25) is 5.28 Å². The molecule has 0 unspecified atom stereocenters. The molecule has 0 atom stereocenters. The molecule has 0 aliphatic rings. The van der Waals surface area contributed by atoms with E-state index in [1.165, 1.54) is 10.6 Å². The maximum Gasteiger partial charge on any atom is 0.255 e. The van der Waals surface area contributed by atoms with E-state index in [2.05, 4.69) is 4.98 Å². The van der Waals surface area contributed by atoms with E-state index in [1.807, 2.05) is 44.2 Å². The van der Waals surface area contributed by atoms with Gasteiger partial charge in [0.25, 0.3) is 5.56 Å². The number of rotatable bonds is 3. The molecule has 2 rings (SSSR count). The Morgan fingerprint density at radius 1 is 1.28 bits per heavy atom. The summed E-state index contributed by atoms with van der Waals surface area (Å²) in [6.07, 6.45) is 0. The minimum atomic E-state index is -0.109. The predicted octanol–water partition coefficient (Wildman–Crippen LogP) is 3.22. The third-order valence-corrected chi connectivity index (χ3v) is 2.87. The fourth-order valence-electron chi connectivity index (χ4n) is 1.77. The molecule has 0 bridgehead atoms. The number of halogens is 1. The van der Waals surface area contributed by atoms with Gasteiger partial charge in [-0.05, 0) is 17.5 Å². The van der Waals surface area contributed by atoms with Gasteiger partial charge in [0, 0.05) is 18.2 Å². The summed E-state index contributed by atoms with van der Waals surface area (Å²) in [7, 11) is 0. The lowest BCUT2D eigenvalue weighted by Crippen LogP contribution is -2.23. The van der Waals surface area contributed by atoms with Crippen molar-refractivity contribution in [1.82, 2.24) is 9.55 Å². The fourth-order valence-corrected chi connectivity index (χ4v) is 2.01. The zero-order chi connectivity index (χ0) is 13.1. The molecule has 1 aromatic carbocycles. The van der Waals surface area contributed by atoms with Gasteiger partial charge in [0.1, 0.15) is 0 Å². The summed E-state index contributed by atoms with van der Waals surface area (Å²) in [5, 5.41) is 0.245. The van der Waals surface area contributed by atoms with E-state index in [-0.39, 0.29) is 10.8 Å². The average molecular weight is 263 g/mol. The van der Waals surface area contributed by atoms with Crippen LogP contribution in [0.5, 0.6) is 0 Å². The van der Waals surface area contributed by atoms with Gasteiger partial charge in [0.05, 0.1) is 5.69 Å². The van der Waals surface area contributed by atoms with E-state index in [9.17, 15) is 4.79 Å². The van der Waals surface area contributed by atoms with Crippen molar-refractivity contribution in [1.29, 1.82) is 0 Å². The summed E-state index contributed by atoms with van der Waals surface area (Å²) in [5.41, 5.74) is 1.40. The van der Waals surface area contributed by atoms with Crippen molar-refractivity contribution in [2.75, 3.05) is 0 Å². The summed E-state index contributed by atoms with van der Waals surface area (Å²) in [4.78, 5) is 16.3. The Bertz CT molecular complexity index is 590. The van der Waals surface area contributed by atoms with Gasteiger partial charge < -0.3 is 0 Å². The van der Waals surface area contributed by atoms with Crippen LogP contribution >= 0.6 is 11.6 Å². The van der Waals surface area contributed by atoms with Crippen LogP contribution in [0.15, 0.2) is 41.2 Å². The maximum atomic E-state index is 12.0.